The van der Waals surface area contributed by atoms with E-state index in [2.05, 4.69) is 33.0 Å². The summed E-state index contributed by atoms with van der Waals surface area (Å²) in [7, 11) is 0. The highest BCUT2D eigenvalue weighted by atomic mass is 32.2. The predicted molar refractivity (Wildman–Crippen MR) is 118 cm³/mol. The minimum absolute atomic E-state index is 0.0952. The van der Waals surface area contributed by atoms with Gasteiger partial charge in [0.25, 0.3) is 0 Å². The normalized spacial score (nSPS) is 55.5. The van der Waals surface area contributed by atoms with Gasteiger partial charge < -0.3 is 20.3 Å². The van der Waals surface area contributed by atoms with Gasteiger partial charge in [-0.15, -0.1) is 0 Å². The smallest absolute Gasteiger partial charge is 0.225 e. The van der Waals surface area contributed by atoms with Crippen molar-refractivity contribution in [2.24, 2.45) is 40.4 Å². The highest BCUT2D eigenvalue weighted by Gasteiger charge is 2.72. The van der Waals surface area contributed by atoms with Crippen LogP contribution < -0.4 is 5.32 Å². The molecule has 5 aliphatic rings. The molecule has 0 aromatic carbocycles. The number of carbonyl (C=O) groups is 2. The molecule has 6 nitrogen and oxygen atoms in total. The lowest BCUT2D eigenvalue weighted by Gasteiger charge is -2.70. The number of fused-ring (bicyclic) bond motifs is 3. The molecule has 5 rings (SSSR count). The third kappa shape index (κ3) is 2.69. The highest BCUT2D eigenvalue weighted by molar-refractivity contribution is 7.99. The Kier molecular flexibility index (Phi) is 4.96. The maximum absolute atomic E-state index is 13.4. The van der Waals surface area contributed by atoms with Crippen molar-refractivity contribution in [1.29, 1.82) is 0 Å². The van der Waals surface area contributed by atoms with Crippen LogP contribution in [0, 0.1) is 40.4 Å². The van der Waals surface area contributed by atoms with E-state index in [1.54, 1.807) is 11.8 Å². The molecule has 3 saturated carbocycles. The number of carbonyl (C=O) groups excluding carboxylic acids is 2. The lowest BCUT2D eigenvalue weighted by Crippen LogP contribution is -2.74. The monoisotopic (exact) mass is 451 g/mol. The molecule has 2 aliphatic heterocycles. The van der Waals surface area contributed by atoms with E-state index in [-0.39, 0.29) is 40.4 Å². The summed E-state index contributed by atoms with van der Waals surface area (Å²) in [5.74, 6) is -0.218. The van der Waals surface area contributed by atoms with Crippen LogP contribution in [0.4, 0.5) is 0 Å². The molecule has 0 bridgehead atoms. The Morgan fingerprint density at radius 3 is 2.52 bits per heavy atom. The number of Topliss-reactive ketones (excluding diaryl/α,β-unsaturated/α-hetero) is 1. The van der Waals surface area contributed by atoms with Crippen molar-refractivity contribution in [2.45, 2.75) is 89.1 Å². The molecule has 31 heavy (non-hydrogen) atoms. The fourth-order valence-corrected chi connectivity index (χ4v) is 9.33. The van der Waals surface area contributed by atoms with Gasteiger partial charge in [-0.2, -0.15) is 11.8 Å². The molecule has 7 heteroatoms. The molecule has 2 saturated heterocycles. The number of amides is 1. The first-order valence-corrected chi connectivity index (χ1v) is 13.2. The van der Waals surface area contributed by atoms with Crippen molar-refractivity contribution >= 4 is 23.5 Å². The van der Waals surface area contributed by atoms with Crippen molar-refractivity contribution in [3.05, 3.63) is 0 Å². The number of ether oxygens (including phenoxy) is 1. The first-order valence-electron chi connectivity index (χ1n) is 11.9. The van der Waals surface area contributed by atoms with Crippen LogP contribution in [0.3, 0.4) is 0 Å². The van der Waals surface area contributed by atoms with Crippen LogP contribution in [0.2, 0.25) is 0 Å². The van der Waals surface area contributed by atoms with E-state index >= 15 is 0 Å². The quantitative estimate of drug-likeness (QED) is 0.566. The van der Waals surface area contributed by atoms with Crippen LogP contribution in [0.5, 0.6) is 0 Å². The van der Waals surface area contributed by atoms with E-state index in [0.717, 1.165) is 19.3 Å². The first-order chi connectivity index (χ1) is 14.5. The SMILES string of the molecule is CSC1CC23OC4C(CC2(C)C(C)CCC3C(C)(C)C1=O)C(O)CC1C(=O)NC(O)C14. The number of ketones is 1. The summed E-state index contributed by atoms with van der Waals surface area (Å²) in [6.07, 6.45) is 3.95. The van der Waals surface area contributed by atoms with Gasteiger partial charge in [0.1, 0.15) is 6.23 Å². The lowest BCUT2D eigenvalue weighted by molar-refractivity contribution is -0.326. The van der Waals surface area contributed by atoms with Gasteiger partial charge in [0, 0.05) is 23.2 Å². The number of rotatable bonds is 1. The largest absolute Gasteiger partial charge is 0.393 e. The third-order valence-corrected chi connectivity index (χ3v) is 11.3. The summed E-state index contributed by atoms with van der Waals surface area (Å²) in [4.78, 5) is 25.9. The summed E-state index contributed by atoms with van der Waals surface area (Å²) in [6.45, 7) is 8.79. The first kappa shape index (κ1) is 22.2. The molecule has 11 atom stereocenters. The Labute approximate surface area is 189 Å². The van der Waals surface area contributed by atoms with Crippen molar-refractivity contribution < 1.29 is 24.5 Å². The van der Waals surface area contributed by atoms with Crippen LogP contribution in [0.15, 0.2) is 0 Å². The van der Waals surface area contributed by atoms with E-state index in [4.69, 9.17) is 4.74 Å². The van der Waals surface area contributed by atoms with E-state index in [1.807, 2.05) is 6.26 Å². The van der Waals surface area contributed by atoms with Crippen LogP contribution in [-0.2, 0) is 14.3 Å². The summed E-state index contributed by atoms with van der Waals surface area (Å²) in [5.41, 5.74) is -1.16. The number of hydrogen-bond acceptors (Lipinski definition) is 6. The molecule has 11 unspecified atom stereocenters. The average molecular weight is 452 g/mol. The van der Waals surface area contributed by atoms with Gasteiger partial charge in [-0.25, -0.2) is 0 Å². The molecule has 1 spiro atoms. The number of hydrogen-bond donors (Lipinski definition) is 3. The number of aliphatic hydroxyl groups is 2. The van der Waals surface area contributed by atoms with Gasteiger partial charge in [0.2, 0.25) is 5.91 Å². The van der Waals surface area contributed by atoms with E-state index < -0.39 is 29.3 Å². The Hall–Kier alpha value is -0.630. The maximum atomic E-state index is 13.4. The average Bonchev–Trinajstić information content (AvgIpc) is 2.98. The molecule has 0 aromatic rings. The van der Waals surface area contributed by atoms with Crippen molar-refractivity contribution in [3.63, 3.8) is 0 Å². The zero-order valence-corrected chi connectivity index (χ0v) is 20.1. The van der Waals surface area contributed by atoms with E-state index in [9.17, 15) is 19.8 Å². The van der Waals surface area contributed by atoms with Gasteiger partial charge in [-0.1, -0.05) is 27.7 Å². The molecule has 174 valence electrons. The Morgan fingerprint density at radius 2 is 1.84 bits per heavy atom. The van der Waals surface area contributed by atoms with Crippen LogP contribution in [0.1, 0.15) is 59.8 Å². The van der Waals surface area contributed by atoms with Gasteiger partial charge in [0.05, 0.1) is 29.0 Å². The zero-order chi connectivity index (χ0) is 22.5. The number of aliphatic hydroxyl groups excluding tert-OH is 2. The Balaban J connectivity index is 1.64. The second-order valence-electron chi connectivity index (χ2n) is 11.7. The standard InChI is InChI=1S/C24H37NO5S/c1-11-6-7-16-22(2,3)19(27)15(31-5)10-24(16)23(11,4)9-13-14(26)8-12-17(18(13)30-24)21(29)25-20(12)28/h11-18,21,26,29H,6-10H2,1-5H3,(H,25,28). The van der Waals surface area contributed by atoms with Crippen molar-refractivity contribution in [1.82, 2.24) is 5.32 Å². The minimum atomic E-state index is -0.938. The van der Waals surface area contributed by atoms with Crippen LogP contribution in [0.25, 0.3) is 0 Å². The molecule has 2 heterocycles. The van der Waals surface area contributed by atoms with Crippen LogP contribution >= 0.6 is 11.8 Å². The predicted octanol–water partition coefficient (Wildman–Crippen LogP) is 2.36. The lowest BCUT2D eigenvalue weighted by atomic mass is 9.42. The molecular weight excluding hydrogens is 414 g/mol. The second-order valence-corrected chi connectivity index (χ2v) is 12.8. The zero-order valence-electron chi connectivity index (χ0n) is 19.3. The van der Waals surface area contributed by atoms with E-state index in [1.165, 1.54) is 0 Å². The summed E-state index contributed by atoms with van der Waals surface area (Å²) >= 11 is 1.62. The molecule has 0 radical (unpaired) electrons. The van der Waals surface area contributed by atoms with Crippen LogP contribution in [-0.4, -0.2) is 57.4 Å². The minimum Gasteiger partial charge on any atom is -0.393 e. The Morgan fingerprint density at radius 1 is 1.13 bits per heavy atom. The van der Waals surface area contributed by atoms with Crippen molar-refractivity contribution in [2.75, 3.05) is 6.26 Å². The molecule has 1 amide bonds. The highest BCUT2D eigenvalue weighted by Crippen LogP contribution is 2.68. The van der Waals surface area contributed by atoms with Gasteiger partial charge in [0.15, 0.2) is 5.78 Å². The van der Waals surface area contributed by atoms with Crippen molar-refractivity contribution in [3.8, 4) is 0 Å². The Bertz CT molecular complexity index is 803. The number of nitrogens with one attached hydrogen (secondary N) is 1. The molecule has 3 N–H and O–H groups in total. The third-order valence-electron chi connectivity index (χ3n) is 10.3. The fraction of sp³-hybridized carbons (Fsp3) is 0.917. The maximum Gasteiger partial charge on any atom is 0.225 e. The summed E-state index contributed by atoms with van der Waals surface area (Å²) < 4.78 is 7.20. The molecule has 5 fully saturated rings. The van der Waals surface area contributed by atoms with Gasteiger partial charge in [-0.05, 0) is 49.7 Å². The summed E-state index contributed by atoms with van der Waals surface area (Å²) in [6, 6.07) is 0. The molecular formula is C24H37NO5S. The summed E-state index contributed by atoms with van der Waals surface area (Å²) in [5, 5.41) is 24.4. The fourth-order valence-electron chi connectivity index (χ4n) is 8.39. The topological polar surface area (TPSA) is 95.9 Å². The van der Waals surface area contributed by atoms with Gasteiger partial charge >= 0.3 is 0 Å². The second kappa shape index (κ2) is 6.94. The molecule has 0 aromatic heterocycles. The van der Waals surface area contributed by atoms with E-state index in [0.29, 0.717) is 24.5 Å². The molecule has 3 aliphatic carbocycles. The number of thioether (sulfide) groups is 1. The van der Waals surface area contributed by atoms with Gasteiger partial charge in [-0.3, -0.25) is 9.59 Å².